The van der Waals surface area contributed by atoms with Crippen LogP contribution in [0.15, 0.2) is 53.3 Å². The van der Waals surface area contributed by atoms with Gasteiger partial charge >= 0.3 is 0 Å². The molecule has 0 atom stereocenters. The predicted molar refractivity (Wildman–Crippen MR) is 78.0 cm³/mol. The SMILES string of the molecule is Clc1ccc2ccn(Cc3ccc(Br)cn3)c2c1. The number of hydrogen-bond acceptors (Lipinski definition) is 1. The van der Waals surface area contributed by atoms with Crippen molar-refractivity contribution in [1.82, 2.24) is 9.55 Å². The van der Waals surface area contributed by atoms with Crippen molar-refractivity contribution in [3.05, 3.63) is 64.0 Å². The monoisotopic (exact) mass is 320 g/mol. The maximum atomic E-state index is 6.04. The smallest absolute Gasteiger partial charge is 0.0648 e. The number of aromatic nitrogens is 2. The highest BCUT2D eigenvalue weighted by Gasteiger charge is 2.03. The molecular formula is C14H10BrClN2. The van der Waals surface area contributed by atoms with Gasteiger partial charge in [-0.2, -0.15) is 0 Å². The van der Waals surface area contributed by atoms with E-state index >= 15 is 0 Å². The maximum absolute atomic E-state index is 6.04. The molecular weight excluding hydrogens is 312 g/mol. The lowest BCUT2D eigenvalue weighted by atomic mass is 10.2. The van der Waals surface area contributed by atoms with Crippen molar-refractivity contribution in [2.75, 3.05) is 0 Å². The molecule has 90 valence electrons. The molecule has 1 aromatic carbocycles. The number of fused-ring (bicyclic) bond motifs is 1. The summed E-state index contributed by atoms with van der Waals surface area (Å²) < 4.78 is 3.14. The van der Waals surface area contributed by atoms with E-state index in [-0.39, 0.29) is 0 Å². The average Bonchev–Trinajstić information content (AvgIpc) is 2.75. The molecule has 0 radical (unpaired) electrons. The van der Waals surface area contributed by atoms with Crippen molar-refractivity contribution in [2.45, 2.75) is 6.54 Å². The molecule has 2 aromatic heterocycles. The average molecular weight is 322 g/mol. The fraction of sp³-hybridized carbons (Fsp3) is 0.0714. The van der Waals surface area contributed by atoms with E-state index in [2.05, 4.69) is 37.7 Å². The third-order valence-electron chi connectivity index (χ3n) is 2.86. The van der Waals surface area contributed by atoms with Crippen molar-refractivity contribution in [3.63, 3.8) is 0 Å². The Morgan fingerprint density at radius 1 is 1.17 bits per heavy atom. The highest BCUT2D eigenvalue weighted by Crippen LogP contribution is 2.21. The van der Waals surface area contributed by atoms with E-state index in [1.54, 1.807) is 0 Å². The minimum absolute atomic E-state index is 0.747. The molecule has 0 aliphatic heterocycles. The first kappa shape index (κ1) is 11.8. The van der Waals surface area contributed by atoms with E-state index in [0.717, 1.165) is 27.3 Å². The summed E-state index contributed by atoms with van der Waals surface area (Å²) in [6.07, 6.45) is 3.87. The number of halogens is 2. The Labute approximate surface area is 118 Å². The first-order valence-corrected chi connectivity index (χ1v) is 6.74. The Morgan fingerprint density at radius 3 is 2.83 bits per heavy atom. The highest BCUT2D eigenvalue weighted by molar-refractivity contribution is 9.10. The van der Waals surface area contributed by atoms with Crippen LogP contribution < -0.4 is 0 Å². The summed E-state index contributed by atoms with van der Waals surface area (Å²) in [4.78, 5) is 4.38. The molecule has 0 aliphatic carbocycles. The van der Waals surface area contributed by atoms with Gasteiger partial charge in [-0.1, -0.05) is 17.7 Å². The van der Waals surface area contributed by atoms with Crippen LogP contribution in [-0.2, 0) is 6.54 Å². The van der Waals surface area contributed by atoms with E-state index in [1.165, 1.54) is 5.39 Å². The summed E-state index contributed by atoms with van der Waals surface area (Å²) in [7, 11) is 0. The lowest BCUT2D eigenvalue weighted by Gasteiger charge is -2.05. The van der Waals surface area contributed by atoms with Gasteiger partial charge in [0.15, 0.2) is 0 Å². The van der Waals surface area contributed by atoms with Crippen LogP contribution in [0.1, 0.15) is 5.69 Å². The van der Waals surface area contributed by atoms with E-state index in [4.69, 9.17) is 11.6 Å². The molecule has 0 N–H and O–H groups in total. The zero-order valence-electron chi connectivity index (χ0n) is 9.48. The second-order valence-electron chi connectivity index (χ2n) is 4.11. The van der Waals surface area contributed by atoms with Gasteiger partial charge in [0.2, 0.25) is 0 Å². The van der Waals surface area contributed by atoms with Crippen LogP contribution in [0.3, 0.4) is 0 Å². The zero-order chi connectivity index (χ0) is 12.5. The third-order valence-corrected chi connectivity index (χ3v) is 3.56. The minimum Gasteiger partial charge on any atom is -0.341 e. The van der Waals surface area contributed by atoms with Gasteiger partial charge in [-0.25, -0.2) is 0 Å². The molecule has 0 unspecified atom stereocenters. The van der Waals surface area contributed by atoms with Gasteiger partial charge in [0, 0.05) is 27.4 Å². The van der Waals surface area contributed by atoms with Crippen molar-refractivity contribution in [2.24, 2.45) is 0 Å². The van der Waals surface area contributed by atoms with E-state index in [1.807, 2.05) is 36.5 Å². The molecule has 0 saturated heterocycles. The predicted octanol–water partition coefficient (Wildman–Crippen LogP) is 4.50. The molecule has 0 spiro atoms. The maximum Gasteiger partial charge on any atom is 0.0648 e. The van der Waals surface area contributed by atoms with Crippen molar-refractivity contribution in [3.8, 4) is 0 Å². The molecule has 3 rings (SSSR count). The van der Waals surface area contributed by atoms with Crippen molar-refractivity contribution in [1.29, 1.82) is 0 Å². The van der Waals surface area contributed by atoms with Crippen LogP contribution >= 0.6 is 27.5 Å². The van der Waals surface area contributed by atoms with Gasteiger partial charge in [-0.05, 0) is 51.6 Å². The topological polar surface area (TPSA) is 17.8 Å². The molecule has 3 aromatic rings. The number of nitrogens with zero attached hydrogens (tertiary/aromatic N) is 2. The lowest BCUT2D eigenvalue weighted by molar-refractivity contribution is 0.807. The molecule has 0 bridgehead atoms. The van der Waals surface area contributed by atoms with E-state index in [0.29, 0.717) is 0 Å². The molecule has 2 heterocycles. The zero-order valence-corrected chi connectivity index (χ0v) is 11.8. The fourth-order valence-electron chi connectivity index (χ4n) is 1.97. The van der Waals surface area contributed by atoms with Gasteiger partial charge in [-0.15, -0.1) is 0 Å². The van der Waals surface area contributed by atoms with E-state index in [9.17, 15) is 0 Å². The van der Waals surface area contributed by atoms with Gasteiger partial charge in [0.25, 0.3) is 0 Å². The molecule has 4 heteroatoms. The summed E-state index contributed by atoms with van der Waals surface area (Å²) in [5.74, 6) is 0. The van der Waals surface area contributed by atoms with Crippen LogP contribution in [-0.4, -0.2) is 9.55 Å². The number of hydrogen-bond donors (Lipinski definition) is 0. The van der Waals surface area contributed by atoms with Gasteiger partial charge in [0.1, 0.15) is 0 Å². The first-order valence-electron chi connectivity index (χ1n) is 5.57. The Hall–Kier alpha value is -1.32. The van der Waals surface area contributed by atoms with Gasteiger partial charge in [0.05, 0.1) is 12.2 Å². The van der Waals surface area contributed by atoms with Crippen LogP contribution in [0.4, 0.5) is 0 Å². The third kappa shape index (κ3) is 2.28. The number of benzene rings is 1. The standard InChI is InChI=1S/C14H10BrClN2/c15-11-2-4-13(17-8-11)9-18-6-5-10-1-3-12(16)7-14(10)18/h1-8H,9H2. The summed E-state index contributed by atoms with van der Waals surface area (Å²) in [5, 5.41) is 1.95. The number of pyridine rings is 1. The second kappa shape index (κ2) is 4.75. The largest absolute Gasteiger partial charge is 0.341 e. The summed E-state index contributed by atoms with van der Waals surface area (Å²) in [5.41, 5.74) is 2.16. The Balaban J connectivity index is 1.99. The molecule has 0 aliphatic rings. The van der Waals surface area contributed by atoms with Crippen molar-refractivity contribution >= 4 is 38.4 Å². The van der Waals surface area contributed by atoms with Crippen LogP contribution in [0.25, 0.3) is 10.9 Å². The molecule has 18 heavy (non-hydrogen) atoms. The molecule has 0 amide bonds. The van der Waals surface area contributed by atoms with Crippen LogP contribution in [0, 0.1) is 0 Å². The quantitative estimate of drug-likeness (QED) is 0.679. The van der Waals surface area contributed by atoms with E-state index < -0.39 is 0 Å². The Kier molecular flexibility index (Phi) is 3.10. The molecule has 2 nitrogen and oxygen atoms in total. The lowest BCUT2D eigenvalue weighted by Crippen LogP contribution is -1.99. The highest BCUT2D eigenvalue weighted by atomic mass is 79.9. The Bertz CT molecular complexity index is 689. The van der Waals surface area contributed by atoms with Crippen LogP contribution in [0.5, 0.6) is 0 Å². The normalized spacial score (nSPS) is 11.0. The van der Waals surface area contributed by atoms with Crippen molar-refractivity contribution < 1.29 is 0 Å². The minimum atomic E-state index is 0.747. The summed E-state index contributed by atoms with van der Waals surface area (Å²) in [6, 6.07) is 12.0. The fourth-order valence-corrected chi connectivity index (χ4v) is 2.37. The van der Waals surface area contributed by atoms with Crippen LogP contribution in [0.2, 0.25) is 5.02 Å². The second-order valence-corrected chi connectivity index (χ2v) is 5.47. The van der Waals surface area contributed by atoms with Gasteiger partial charge in [-0.3, -0.25) is 4.98 Å². The summed E-state index contributed by atoms with van der Waals surface area (Å²) in [6.45, 7) is 0.747. The number of rotatable bonds is 2. The molecule has 0 saturated carbocycles. The molecule has 0 fully saturated rings. The Morgan fingerprint density at radius 2 is 2.06 bits per heavy atom. The first-order chi connectivity index (χ1) is 8.72. The van der Waals surface area contributed by atoms with Gasteiger partial charge < -0.3 is 4.57 Å². The summed E-state index contributed by atoms with van der Waals surface area (Å²) >= 11 is 9.42.